The molecule has 2 rings (SSSR count). The van der Waals surface area contributed by atoms with Gasteiger partial charge in [0.2, 0.25) is 0 Å². The van der Waals surface area contributed by atoms with E-state index in [0.717, 1.165) is 13.0 Å². The van der Waals surface area contributed by atoms with Crippen LogP contribution in [0.15, 0.2) is 28.1 Å². The molecule has 1 unspecified atom stereocenters. The Labute approximate surface area is 134 Å². The number of benzene rings is 1. The summed E-state index contributed by atoms with van der Waals surface area (Å²) in [7, 11) is 0. The lowest BCUT2D eigenvalue weighted by Gasteiger charge is -2.20. The summed E-state index contributed by atoms with van der Waals surface area (Å²) >= 11 is 5.42. The zero-order valence-corrected chi connectivity index (χ0v) is 15.0. The first-order chi connectivity index (χ1) is 9.51. The average Bonchev–Trinajstić information content (AvgIpc) is 2.68. The van der Waals surface area contributed by atoms with Crippen LogP contribution in [0.5, 0.6) is 0 Å². The van der Waals surface area contributed by atoms with E-state index in [9.17, 15) is 0 Å². The van der Waals surface area contributed by atoms with E-state index < -0.39 is 0 Å². The SMILES string of the molecule is CCCNC(c1cc(C)cc(C)c1)c1cc(Br)sc1C. The quantitative estimate of drug-likeness (QED) is 0.747. The Kier molecular flexibility index (Phi) is 5.42. The third-order valence-electron chi connectivity index (χ3n) is 3.41. The van der Waals surface area contributed by atoms with Crippen LogP contribution in [0.2, 0.25) is 0 Å². The van der Waals surface area contributed by atoms with Crippen molar-refractivity contribution in [1.82, 2.24) is 5.32 Å². The summed E-state index contributed by atoms with van der Waals surface area (Å²) in [5.74, 6) is 0. The Morgan fingerprint density at radius 1 is 1.10 bits per heavy atom. The number of hydrogen-bond donors (Lipinski definition) is 1. The van der Waals surface area contributed by atoms with Crippen LogP contribution in [0, 0.1) is 20.8 Å². The molecule has 0 amide bonds. The zero-order valence-electron chi connectivity index (χ0n) is 12.6. The van der Waals surface area contributed by atoms with E-state index in [-0.39, 0.29) is 6.04 Å². The van der Waals surface area contributed by atoms with Crippen LogP contribution in [0.4, 0.5) is 0 Å². The zero-order chi connectivity index (χ0) is 14.7. The number of nitrogens with one attached hydrogen (secondary N) is 1. The third kappa shape index (κ3) is 3.72. The van der Waals surface area contributed by atoms with Crippen molar-refractivity contribution in [2.24, 2.45) is 0 Å². The Balaban J connectivity index is 2.43. The second-order valence-corrected chi connectivity index (χ2v) is 8.01. The van der Waals surface area contributed by atoms with Crippen LogP contribution in [-0.4, -0.2) is 6.54 Å². The molecule has 0 saturated heterocycles. The largest absolute Gasteiger partial charge is 0.306 e. The van der Waals surface area contributed by atoms with Gasteiger partial charge in [0.1, 0.15) is 0 Å². The molecular formula is C17H22BrNS. The lowest BCUT2D eigenvalue weighted by atomic mass is 9.96. The molecule has 1 nitrogen and oxygen atoms in total. The van der Waals surface area contributed by atoms with Gasteiger partial charge in [0.25, 0.3) is 0 Å². The smallest absolute Gasteiger partial charge is 0.0704 e. The molecule has 0 saturated carbocycles. The first kappa shape index (κ1) is 15.7. The van der Waals surface area contributed by atoms with Crippen molar-refractivity contribution < 1.29 is 0 Å². The van der Waals surface area contributed by atoms with Crippen molar-refractivity contribution in [3.05, 3.63) is 55.2 Å². The number of hydrogen-bond acceptors (Lipinski definition) is 2. The molecule has 0 radical (unpaired) electrons. The lowest BCUT2D eigenvalue weighted by molar-refractivity contribution is 0.597. The molecule has 0 aliphatic heterocycles. The van der Waals surface area contributed by atoms with Gasteiger partial charge in [-0.1, -0.05) is 36.2 Å². The van der Waals surface area contributed by atoms with Gasteiger partial charge in [-0.15, -0.1) is 11.3 Å². The molecule has 1 heterocycles. The van der Waals surface area contributed by atoms with Gasteiger partial charge in [-0.2, -0.15) is 0 Å². The monoisotopic (exact) mass is 351 g/mol. The Bertz CT molecular complexity index is 568. The van der Waals surface area contributed by atoms with Crippen molar-refractivity contribution in [2.45, 2.75) is 40.2 Å². The topological polar surface area (TPSA) is 12.0 Å². The molecule has 1 N–H and O–H groups in total. The molecule has 2 aromatic rings. The summed E-state index contributed by atoms with van der Waals surface area (Å²) in [6.45, 7) is 9.79. The lowest BCUT2D eigenvalue weighted by Crippen LogP contribution is -2.23. The second-order valence-electron chi connectivity index (χ2n) is 5.37. The van der Waals surface area contributed by atoms with Crippen molar-refractivity contribution in [1.29, 1.82) is 0 Å². The molecule has 1 aromatic carbocycles. The van der Waals surface area contributed by atoms with E-state index >= 15 is 0 Å². The van der Waals surface area contributed by atoms with Gasteiger partial charge in [-0.25, -0.2) is 0 Å². The molecule has 1 atom stereocenters. The Hall–Kier alpha value is -0.640. The van der Waals surface area contributed by atoms with E-state index in [1.54, 1.807) is 0 Å². The fourth-order valence-electron chi connectivity index (χ4n) is 2.62. The van der Waals surface area contributed by atoms with Crippen molar-refractivity contribution in [2.75, 3.05) is 6.54 Å². The molecule has 0 fully saturated rings. The minimum atomic E-state index is 0.288. The van der Waals surface area contributed by atoms with Crippen molar-refractivity contribution in [3.63, 3.8) is 0 Å². The fraction of sp³-hybridized carbons (Fsp3) is 0.412. The number of halogens is 1. The average molecular weight is 352 g/mol. The number of rotatable bonds is 5. The summed E-state index contributed by atoms with van der Waals surface area (Å²) < 4.78 is 1.21. The summed E-state index contributed by atoms with van der Waals surface area (Å²) in [5, 5.41) is 3.70. The standard InChI is InChI=1S/C17H22BrNS/c1-5-6-19-17(15-10-16(18)20-13(15)4)14-8-11(2)7-12(3)9-14/h7-10,17,19H,5-6H2,1-4H3. The molecular weight excluding hydrogens is 330 g/mol. The van der Waals surface area contributed by atoms with Crippen LogP contribution in [0.3, 0.4) is 0 Å². The summed E-state index contributed by atoms with van der Waals surface area (Å²) in [5.41, 5.74) is 5.41. The highest BCUT2D eigenvalue weighted by Crippen LogP contribution is 2.34. The molecule has 0 aliphatic carbocycles. The normalized spacial score (nSPS) is 12.7. The van der Waals surface area contributed by atoms with Crippen molar-refractivity contribution >= 4 is 27.3 Å². The van der Waals surface area contributed by atoms with Crippen LogP contribution in [0.25, 0.3) is 0 Å². The highest BCUT2D eigenvalue weighted by molar-refractivity contribution is 9.11. The Morgan fingerprint density at radius 3 is 2.25 bits per heavy atom. The van der Waals surface area contributed by atoms with Crippen LogP contribution in [0.1, 0.15) is 46.5 Å². The first-order valence-corrected chi connectivity index (χ1v) is 8.69. The van der Waals surface area contributed by atoms with Gasteiger partial charge in [-0.3, -0.25) is 0 Å². The van der Waals surface area contributed by atoms with Gasteiger partial charge in [0.15, 0.2) is 0 Å². The van der Waals surface area contributed by atoms with Gasteiger partial charge < -0.3 is 5.32 Å². The van der Waals surface area contributed by atoms with Crippen LogP contribution >= 0.6 is 27.3 Å². The van der Waals surface area contributed by atoms with Crippen LogP contribution in [-0.2, 0) is 0 Å². The van der Waals surface area contributed by atoms with Gasteiger partial charge in [-0.05, 0) is 66.9 Å². The first-order valence-electron chi connectivity index (χ1n) is 7.08. The maximum Gasteiger partial charge on any atom is 0.0704 e. The highest BCUT2D eigenvalue weighted by Gasteiger charge is 2.18. The van der Waals surface area contributed by atoms with Gasteiger partial charge in [0, 0.05) is 4.88 Å². The van der Waals surface area contributed by atoms with E-state index in [4.69, 9.17) is 0 Å². The molecule has 0 spiro atoms. The summed E-state index contributed by atoms with van der Waals surface area (Å²) in [6, 6.07) is 9.37. The highest BCUT2D eigenvalue weighted by atomic mass is 79.9. The fourth-order valence-corrected chi connectivity index (χ4v) is 4.37. The number of thiophene rings is 1. The summed E-state index contributed by atoms with van der Waals surface area (Å²) in [4.78, 5) is 1.38. The van der Waals surface area contributed by atoms with Gasteiger partial charge in [0.05, 0.1) is 9.83 Å². The van der Waals surface area contributed by atoms with Crippen molar-refractivity contribution in [3.8, 4) is 0 Å². The van der Waals surface area contributed by atoms with E-state index in [1.807, 2.05) is 11.3 Å². The third-order valence-corrected chi connectivity index (χ3v) is 4.98. The molecule has 0 aliphatic rings. The summed E-state index contributed by atoms with van der Waals surface area (Å²) in [6.07, 6.45) is 1.14. The molecule has 20 heavy (non-hydrogen) atoms. The van der Waals surface area contributed by atoms with E-state index in [1.165, 1.54) is 30.9 Å². The minimum Gasteiger partial charge on any atom is -0.306 e. The predicted molar refractivity (Wildman–Crippen MR) is 92.8 cm³/mol. The maximum absolute atomic E-state index is 3.70. The number of aryl methyl sites for hydroxylation is 3. The minimum absolute atomic E-state index is 0.288. The van der Waals surface area contributed by atoms with Crippen LogP contribution < -0.4 is 5.32 Å². The molecule has 3 heteroatoms. The second kappa shape index (κ2) is 6.88. The van der Waals surface area contributed by atoms with E-state index in [2.05, 4.69) is 73.2 Å². The molecule has 0 bridgehead atoms. The van der Waals surface area contributed by atoms with Gasteiger partial charge >= 0.3 is 0 Å². The molecule has 1 aromatic heterocycles. The Morgan fingerprint density at radius 2 is 1.75 bits per heavy atom. The van der Waals surface area contributed by atoms with E-state index in [0.29, 0.717) is 0 Å². The maximum atomic E-state index is 3.70. The predicted octanol–water partition coefficient (Wildman–Crippen LogP) is 5.52. The molecule has 108 valence electrons.